The van der Waals surface area contributed by atoms with Gasteiger partial charge >= 0.3 is 5.97 Å². The highest BCUT2D eigenvalue weighted by atomic mass is 16.5. The number of hydrogen-bond donors (Lipinski definition) is 1. The van der Waals surface area contributed by atoms with Crippen molar-refractivity contribution >= 4 is 17.8 Å². The standard InChI is InChI=1S/C22H32N4O3/c1-3-23-22(25-12-9-19(10-13-25)21(28)29-2)24-15-17-6-4-7-18(14-17)16-26-11-5-8-20(26)27/h4,6-7,14,19H,3,5,8-13,15-16H2,1-2H3,(H,23,24). The van der Waals surface area contributed by atoms with Crippen LogP contribution in [-0.2, 0) is 27.4 Å². The number of amides is 1. The number of carbonyl (C=O) groups excluding carboxylic acids is 2. The number of carbonyl (C=O) groups is 2. The van der Waals surface area contributed by atoms with Crippen molar-refractivity contribution in [2.24, 2.45) is 10.9 Å². The second-order valence-corrected chi connectivity index (χ2v) is 7.69. The number of guanidine groups is 1. The first kappa shape index (κ1) is 21.1. The molecule has 0 atom stereocenters. The Balaban J connectivity index is 1.61. The predicted molar refractivity (Wildman–Crippen MR) is 112 cm³/mol. The minimum absolute atomic E-state index is 0.0101. The SMILES string of the molecule is CCNC(=NCc1cccc(CN2CCCC2=O)c1)N1CCC(C(=O)OC)CC1. The quantitative estimate of drug-likeness (QED) is 0.450. The summed E-state index contributed by atoms with van der Waals surface area (Å²) in [5, 5.41) is 3.37. The van der Waals surface area contributed by atoms with Gasteiger partial charge in [0.15, 0.2) is 5.96 Å². The number of esters is 1. The second kappa shape index (κ2) is 10.3. The molecule has 29 heavy (non-hydrogen) atoms. The van der Waals surface area contributed by atoms with Crippen LogP contribution in [-0.4, -0.2) is 60.9 Å². The third-order valence-corrected chi connectivity index (χ3v) is 5.61. The summed E-state index contributed by atoms with van der Waals surface area (Å²) in [6.45, 7) is 6.56. The topological polar surface area (TPSA) is 74.2 Å². The summed E-state index contributed by atoms with van der Waals surface area (Å²) in [5.41, 5.74) is 2.28. The molecule has 1 aromatic carbocycles. The van der Waals surface area contributed by atoms with E-state index in [0.717, 1.165) is 62.5 Å². The summed E-state index contributed by atoms with van der Waals surface area (Å²) in [5.74, 6) is 1.01. The highest BCUT2D eigenvalue weighted by Gasteiger charge is 2.27. The first-order chi connectivity index (χ1) is 14.1. The molecule has 7 nitrogen and oxygen atoms in total. The molecule has 0 spiro atoms. The van der Waals surface area contributed by atoms with E-state index < -0.39 is 0 Å². The largest absolute Gasteiger partial charge is 0.469 e. The summed E-state index contributed by atoms with van der Waals surface area (Å²) in [7, 11) is 1.45. The molecule has 3 rings (SSSR count). The Morgan fingerprint density at radius 3 is 2.66 bits per heavy atom. The minimum Gasteiger partial charge on any atom is -0.469 e. The molecule has 0 aliphatic carbocycles. The molecule has 2 saturated heterocycles. The number of benzene rings is 1. The Labute approximate surface area is 173 Å². The van der Waals surface area contributed by atoms with E-state index in [1.807, 2.05) is 11.0 Å². The number of piperidine rings is 1. The summed E-state index contributed by atoms with van der Waals surface area (Å²) in [6.07, 6.45) is 3.21. The summed E-state index contributed by atoms with van der Waals surface area (Å²) in [6, 6.07) is 8.32. The van der Waals surface area contributed by atoms with Crippen LogP contribution in [0, 0.1) is 5.92 Å². The van der Waals surface area contributed by atoms with E-state index >= 15 is 0 Å². The van der Waals surface area contributed by atoms with Crippen LogP contribution in [0.15, 0.2) is 29.3 Å². The monoisotopic (exact) mass is 400 g/mol. The van der Waals surface area contributed by atoms with Crippen molar-refractivity contribution < 1.29 is 14.3 Å². The number of methoxy groups -OCH3 is 1. The van der Waals surface area contributed by atoms with Crippen LogP contribution in [0.25, 0.3) is 0 Å². The van der Waals surface area contributed by atoms with E-state index in [4.69, 9.17) is 9.73 Å². The van der Waals surface area contributed by atoms with Crippen LogP contribution in [0.1, 0.15) is 43.7 Å². The molecule has 7 heteroatoms. The Hall–Kier alpha value is -2.57. The van der Waals surface area contributed by atoms with E-state index in [9.17, 15) is 9.59 Å². The van der Waals surface area contributed by atoms with Gasteiger partial charge in [0.2, 0.25) is 5.91 Å². The Morgan fingerprint density at radius 1 is 1.24 bits per heavy atom. The lowest BCUT2D eigenvalue weighted by atomic mass is 9.97. The van der Waals surface area contributed by atoms with E-state index in [-0.39, 0.29) is 17.8 Å². The molecule has 2 aliphatic rings. The summed E-state index contributed by atoms with van der Waals surface area (Å²) >= 11 is 0. The number of likely N-dealkylation sites (tertiary alicyclic amines) is 2. The molecule has 0 radical (unpaired) electrons. The maximum absolute atomic E-state index is 11.9. The molecular weight excluding hydrogens is 368 g/mol. The number of nitrogens with one attached hydrogen (secondary N) is 1. The van der Waals surface area contributed by atoms with Gasteiger partial charge in [0.1, 0.15) is 0 Å². The fourth-order valence-corrected chi connectivity index (χ4v) is 4.00. The van der Waals surface area contributed by atoms with Gasteiger partial charge in [0.05, 0.1) is 19.6 Å². The normalized spacial score (nSPS) is 18.3. The predicted octanol–water partition coefficient (Wildman–Crippen LogP) is 2.16. The van der Waals surface area contributed by atoms with Gasteiger partial charge in [0, 0.05) is 39.1 Å². The lowest BCUT2D eigenvalue weighted by Crippen LogP contribution is -2.46. The Morgan fingerprint density at radius 2 is 2.00 bits per heavy atom. The molecule has 0 saturated carbocycles. The zero-order chi connectivity index (χ0) is 20.6. The van der Waals surface area contributed by atoms with Gasteiger partial charge < -0.3 is 19.9 Å². The molecule has 2 fully saturated rings. The molecular formula is C22H32N4O3. The molecule has 0 unspecified atom stereocenters. The first-order valence-electron chi connectivity index (χ1n) is 10.6. The molecule has 0 bridgehead atoms. The smallest absolute Gasteiger partial charge is 0.308 e. The average Bonchev–Trinajstić information content (AvgIpc) is 3.15. The van der Waals surface area contributed by atoms with Crippen molar-refractivity contribution in [2.45, 2.75) is 45.7 Å². The molecule has 1 amide bonds. The highest BCUT2D eigenvalue weighted by molar-refractivity contribution is 5.80. The summed E-state index contributed by atoms with van der Waals surface area (Å²) in [4.78, 5) is 32.6. The number of hydrogen-bond acceptors (Lipinski definition) is 4. The van der Waals surface area contributed by atoms with E-state index in [1.54, 1.807) is 0 Å². The second-order valence-electron chi connectivity index (χ2n) is 7.69. The van der Waals surface area contributed by atoms with Crippen molar-refractivity contribution in [1.82, 2.24) is 15.1 Å². The van der Waals surface area contributed by atoms with Gasteiger partial charge in [-0.2, -0.15) is 0 Å². The molecule has 1 aromatic rings. The van der Waals surface area contributed by atoms with Gasteiger partial charge in [0.25, 0.3) is 0 Å². The zero-order valence-electron chi connectivity index (χ0n) is 17.5. The molecule has 2 aliphatic heterocycles. The lowest BCUT2D eigenvalue weighted by molar-refractivity contribution is -0.146. The maximum Gasteiger partial charge on any atom is 0.308 e. The van der Waals surface area contributed by atoms with Gasteiger partial charge in [-0.05, 0) is 37.3 Å². The fraction of sp³-hybridized carbons (Fsp3) is 0.591. The van der Waals surface area contributed by atoms with Gasteiger partial charge in [-0.3, -0.25) is 9.59 Å². The van der Waals surface area contributed by atoms with Crippen LogP contribution in [0.4, 0.5) is 0 Å². The van der Waals surface area contributed by atoms with Crippen LogP contribution < -0.4 is 5.32 Å². The minimum atomic E-state index is -0.111. The fourth-order valence-electron chi connectivity index (χ4n) is 4.00. The average molecular weight is 401 g/mol. The number of aliphatic imine (C=N–C) groups is 1. The van der Waals surface area contributed by atoms with Crippen molar-refractivity contribution in [3.63, 3.8) is 0 Å². The Kier molecular flexibility index (Phi) is 7.49. The van der Waals surface area contributed by atoms with Gasteiger partial charge in [-0.1, -0.05) is 24.3 Å². The third-order valence-electron chi connectivity index (χ3n) is 5.61. The highest BCUT2D eigenvalue weighted by Crippen LogP contribution is 2.19. The number of rotatable bonds is 6. The van der Waals surface area contributed by atoms with Crippen LogP contribution >= 0.6 is 0 Å². The molecule has 1 N–H and O–H groups in total. The van der Waals surface area contributed by atoms with Crippen molar-refractivity contribution in [1.29, 1.82) is 0 Å². The van der Waals surface area contributed by atoms with Crippen molar-refractivity contribution in [3.05, 3.63) is 35.4 Å². The zero-order valence-corrected chi connectivity index (χ0v) is 17.5. The van der Waals surface area contributed by atoms with Crippen LogP contribution in [0.5, 0.6) is 0 Å². The van der Waals surface area contributed by atoms with Crippen molar-refractivity contribution in [3.8, 4) is 0 Å². The first-order valence-corrected chi connectivity index (χ1v) is 10.6. The molecule has 158 valence electrons. The Bertz CT molecular complexity index is 741. The van der Waals surface area contributed by atoms with Gasteiger partial charge in [-0.25, -0.2) is 4.99 Å². The lowest BCUT2D eigenvalue weighted by Gasteiger charge is -2.33. The van der Waals surface area contributed by atoms with Crippen LogP contribution in [0.2, 0.25) is 0 Å². The number of nitrogens with zero attached hydrogens (tertiary/aromatic N) is 3. The summed E-state index contributed by atoms with van der Waals surface area (Å²) < 4.78 is 4.88. The molecule has 2 heterocycles. The van der Waals surface area contributed by atoms with Gasteiger partial charge in [-0.15, -0.1) is 0 Å². The number of ether oxygens (including phenoxy) is 1. The van der Waals surface area contributed by atoms with E-state index in [1.165, 1.54) is 7.11 Å². The third kappa shape index (κ3) is 5.71. The van der Waals surface area contributed by atoms with Crippen molar-refractivity contribution in [2.75, 3.05) is 33.3 Å². The molecule has 0 aromatic heterocycles. The van der Waals surface area contributed by atoms with Crippen LogP contribution in [0.3, 0.4) is 0 Å². The van der Waals surface area contributed by atoms with E-state index in [2.05, 4.69) is 35.3 Å². The maximum atomic E-state index is 11.9. The van der Waals surface area contributed by atoms with E-state index in [0.29, 0.717) is 19.5 Å².